The van der Waals surface area contributed by atoms with E-state index in [0.717, 1.165) is 6.42 Å². The molecule has 1 atom stereocenters. The highest BCUT2D eigenvalue weighted by molar-refractivity contribution is 8.00. The highest BCUT2D eigenvalue weighted by atomic mass is 35.5. The van der Waals surface area contributed by atoms with E-state index in [2.05, 4.69) is 15.3 Å². The molecular weight excluding hydrogens is 419 g/mol. The molecule has 0 spiro atoms. The van der Waals surface area contributed by atoms with Crippen LogP contribution in [0, 0.1) is 0 Å². The first kappa shape index (κ1) is 20.6. The molecule has 0 saturated heterocycles. The van der Waals surface area contributed by atoms with Crippen molar-refractivity contribution in [1.29, 1.82) is 0 Å². The Hall–Kier alpha value is -2.09. The van der Waals surface area contributed by atoms with E-state index in [0.29, 0.717) is 38.5 Å². The van der Waals surface area contributed by atoms with Gasteiger partial charge >= 0.3 is 0 Å². The number of halogens is 2. The SMILES string of the molecule is CCCn1c(SC(C)C(=O)Nc2ccc(Cl)cn2)nc2cc(Cl)ccc2c1=O. The van der Waals surface area contributed by atoms with Crippen molar-refractivity contribution in [2.24, 2.45) is 0 Å². The van der Waals surface area contributed by atoms with Crippen LogP contribution in [0.3, 0.4) is 0 Å². The Kier molecular flexibility index (Phi) is 6.59. The summed E-state index contributed by atoms with van der Waals surface area (Å²) >= 11 is 13.1. The maximum atomic E-state index is 12.9. The Labute approximate surface area is 176 Å². The third kappa shape index (κ3) is 4.66. The molecule has 0 aliphatic carbocycles. The van der Waals surface area contributed by atoms with E-state index in [1.54, 1.807) is 41.8 Å². The Balaban J connectivity index is 1.89. The number of amides is 1. The summed E-state index contributed by atoms with van der Waals surface area (Å²) < 4.78 is 1.60. The van der Waals surface area contributed by atoms with Gasteiger partial charge in [-0.2, -0.15) is 0 Å². The summed E-state index contributed by atoms with van der Waals surface area (Å²) in [6.45, 7) is 4.25. The zero-order valence-electron chi connectivity index (χ0n) is 15.3. The number of hydrogen-bond acceptors (Lipinski definition) is 5. The number of nitrogens with one attached hydrogen (secondary N) is 1. The molecule has 2 aromatic heterocycles. The molecule has 0 radical (unpaired) electrons. The lowest BCUT2D eigenvalue weighted by molar-refractivity contribution is -0.115. The number of carbonyl (C=O) groups is 1. The summed E-state index contributed by atoms with van der Waals surface area (Å²) in [6, 6.07) is 8.28. The molecule has 0 saturated carbocycles. The Morgan fingerprint density at radius 2 is 2.00 bits per heavy atom. The molecule has 3 rings (SSSR count). The molecule has 0 aliphatic heterocycles. The zero-order chi connectivity index (χ0) is 20.3. The quantitative estimate of drug-likeness (QED) is 0.450. The molecule has 146 valence electrons. The average Bonchev–Trinajstić information content (AvgIpc) is 2.66. The van der Waals surface area contributed by atoms with Crippen molar-refractivity contribution in [3.63, 3.8) is 0 Å². The zero-order valence-corrected chi connectivity index (χ0v) is 17.6. The Morgan fingerprint density at radius 1 is 1.25 bits per heavy atom. The fourth-order valence-electron chi connectivity index (χ4n) is 2.57. The maximum absolute atomic E-state index is 12.9. The Morgan fingerprint density at radius 3 is 2.68 bits per heavy atom. The van der Waals surface area contributed by atoms with Crippen LogP contribution in [0.5, 0.6) is 0 Å². The minimum Gasteiger partial charge on any atom is -0.310 e. The second-order valence-corrected chi connectivity index (χ2v) is 8.30. The predicted octanol–water partition coefficient (Wildman–Crippen LogP) is 4.63. The van der Waals surface area contributed by atoms with Crippen molar-refractivity contribution in [2.45, 2.75) is 37.2 Å². The number of carbonyl (C=O) groups excluding carboxylic acids is 1. The van der Waals surface area contributed by atoms with E-state index in [-0.39, 0.29) is 11.5 Å². The number of rotatable bonds is 6. The average molecular weight is 437 g/mol. The van der Waals surface area contributed by atoms with Crippen LogP contribution in [-0.4, -0.2) is 25.7 Å². The number of hydrogen-bond donors (Lipinski definition) is 1. The number of aromatic nitrogens is 3. The molecule has 1 N–H and O–H groups in total. The maximum Gasteiger partial charge on any atom is 0.262 e. The predicted molar refractivity (Wildman–Crippen MR) is 114 cm³/mol. The normalized spacial score (nSPS) is 12.1. The molecule has 9 heteroatoms. The van der Waals surface area contributed by atoms with Gasteiger partial charge in [-0.25, -0.2) is 9.97 Å². The van der Waals surface area contributed by atoms with Crippen LogP contribution < -0.4 is 10.9 Å². The van der Waals surface area contributed by atoms with Crippen LogP contribution in [-0.2, 0) is 11.3 Å². The van der Waals surface area contributed by atoms with Crippen molar-refractivity contribution >= 4 is 57.6 Å². The molecule has 0 bridgehead atoms. The lowest BCUT2D eigenvalue weighted by Gasteiger charge is -2.16. The van der Waals surface area contributed by atoms with Gasteiger partial charge in [-0.1, -0.05) is 41.9 Å². The molecule has 1 amide bonds. The number of benzene rings is 1. The molecular formula is C19H18Cl2N4O2S. The van der Waals surface area contributed by atoms with Gasteiger partial charge in [0, 0.05) is 17.8 Å². The van der Waals surface area contributed by atoms with Gasteiger partial charge in [-0.15, -0.1) is 0 Å². The van der Waals surface area contributed by atoms with Gasteiger partial charge in [0.05, 0.1) is 21.2 Å². The fourth-order valence-corrected chi connectivity index (χ4v) is 3.79. The molecule has 6 nitrogen and oxygen atoms in total. The topological polar surface area (TPSA) is 76.9 Å². The number of thioether (sulfide) groups is 1. The van der Waals surface area contributed by atoms with Crippen molar-refractivity contribution in [1.82, 2.24) is 14.5 Å². The molecule has 3 aromatic rings. The van der Waals surface area contributed by atoms with Gasteiger partial charge in [-0.3, -0.25) is 14.2 Å². The summed E-state index contributed by atoms with van der Waals surface area (Å²) in [5.41, 5.74) is 0.373. The molecule has 1 unspecified atom stereocenters. The largest absolute Gasteiger partial charge is 0.310 e. The summed E-state index contributed by atoms with van der Waals surface area (Å²) in [7, 11) is 0. The van der Waals surface area contributed by atoms with E-state index in [1.165, 1.54) is 18.0 Å². The monoisotopic (exact) mass is 436 g/mol. The summed E-state index contributed by atoms with van der Waals surface area (Å²) in [5, 5.41) is 4.22. The minimum atomic E-state index is -0.496. The van der Waals surface area contributed by atoms with Crippen molar-refractivity contribution < 1.29 is 4.79 Å². The van der Waals surface area contributed by atoms with E-state index in [4.69, 9.17) is 23.2 Å². The number of fused-ring (bicyclic) bond motifs is 1. The van der Waals surface area contributed by atoms with E-state index in [1.807, 2.05) is 6.92 Å². The summed E-state index contributed by atoms with van der Waals surface area (Å²) in [5.74, 6) is 0.161. The van der Waals surface area contributed by atoms with Crippen molar-refractivity contribution in [3.05, 3.63) is 56.9 Å². The lowest BCUT2D eigenvalue weighted by atomic mass is 10.2. The van der Waals surface area contributed by atoms with Gasteiger partial charge in [0.15, 0.2) is 5.16 Å². The van der Waals surface area contributed by atoms with Crippen LogP contribution in [0.15, 0.2) is 46.5 Å². The summed E-state index contributed by atoms with van der Waals surface area (Å²) in [4.78, 5) is 34.0. The van der Waals surface area contributed by atoms with Gasteiger partial charge in [-0.05, 0) is 43.7 Å². The molecule has 0 fully saturated rings. The lowest BCUT2D eigenvalue weighted by Crippen LogP contribution is -2.27. The second kappa shape index (κ2) is 8.94. The van der Waals surface area contributed by atoms with Crippen LogP contribution >= 0.6 is 35.0 Å². The van der Waals surface area contributed by atoms with Crippen LogP contribution in [0.2, 0.25) is 10.0 Å². The second-order valence-electron chi connectivity index (χ2n) is 6.12. The standard InChI is InChI=1S/C19H18Cl2N4O2S/c1-3-8-25-18(27)14-6-4-12(20)9-15(14)23-19(25)28-11(2)17(26)24-16-7-5-13(21)10-22-16/h4-7,9-11H,3,8H2,1-2H3,(H,22,24,26). The van der Waals surface area contributed by atoms with Gasteiger partial charge in [0.25, 0.3) is 5.56 Å². The Bertz CT molecular complexity index is 1070. The third-order valence-corrected chi connectivity index (χ3v) is 5.51. The van der Waals surface area contributed by atoms with Crippen LogP contribution in [0.1, 0.15) is 20.3 Å². The van der Waals surface area contributed by atoms with Crippen LogP contribution in [0.25, 0.3) is 10.9 Å². The highest BCUT2D eigenvalue weighted by Crippen LogP contribution is 2.25. The van der Waals surface area contributed by atoms with E-state index in [9.17, 15) is 9.59 Å². The first-order chi connectivity index (χ1) is 13.4. The third-order valence-electron chi connectivity index (χ3n) is 3.96. The highest BCUT2D eigenvalue weighted by Gasteiger charge is 2.20. The molecule has 2 heterocycles. The number of anilines is 1. The number of pyridine rings is 1. The number of nitrogens with zero attached hydrogens (tertiary/aromatic N) is 3. The molecule has 0 aliphatic rings. The van der Waals surface area contributed by atoms with E-state index < -0.39 is 5.25 Å². The van der Waals surface area contributed by atoms with Gasteiger partial charge in [0.2, 0.25) is 5.91 Å². The van der Waals surface area contributed by atoms with Gasteiger partial charge < -0.3 is 5.32 Å². The molecule has 28 heavy (non-hydrogen) atoms. The van der Waals surface area contributed by atoms with Crippen molar-refractivity contribution in [3.8, 4) is 0 Å². The van der Waals surface area contributed by atoms with Crippen molar-refractivity contribution in [2.75, 3.05) is 5.32 Å². The van der Waals surface area contributed by atoms with Crippen LogP contribution in [0.4, 0.5) is 5.82 Å². The smallest absolute Gasteiger partial charge is 0.262 e. The first-order valence-corrected chi connectivity index (χ1v) is 10.3. The van der Waals surface area contributed by atoms with E-state index >= 15 is 0 Å². The van der Waals surface area contributed by atoms with Gasteiger partial charge in [0.1, 0.15) is 5.82 Å². The fraction of sp³-hybridized carbons (Fsp3) is 0.263. The summed E-state index contributed by atoms with van der Waals surface area (Å²) in [6.07, 6.45) is 2.23. The molecule has 1 aromatic carbocycles. The first-order valence-electron chi connectivity index (χ1n) is 8.68. The minimum absolute atomic E-state index is 0.141.